The van der Waals surface area contributed by atoms with Gasteiger partial charge in [0.05, 0.1) is 5.70 Å². The third-order valence-corrected chi connectivity index (χ3v) is 3.92. The molecule has 25 heavy (non-hydrogen) atoms. The third-order valence-electron chi connectivity index (χ3n) is 3.57. The molecular formula is C21H28BrN3. The molecule has 1 rings (SSSR count). The zero-order chi connectivity index (χ0) is 18.8. The molecule has 0 aliphatic rings. The van der Waals surface area contributed by atoms with Gasteiger partial charge in [0, 0.05) is 42.7 Å². The molecule has 3 nitrogen and oxygen atoms in total. The van der Waals surface area contributed by atoms with E-state index in [1.807, 2.05) is 50.2 Å². The Morgan fingerprint density at radius 3 is 2.28 bits per heavy atom. The highest BCUT2D eigenvalue weighted by Crippen LogP contribution is 2.24. The van der Waals surface area contributed by atoms with E-state index in [2.05, 4.69) is 58.3 Å². The molecule has 2 N–H and O–H groups in total. The van der Waals surface area contributed by atoms with Gasteiger partial charge in [0.25, 0.3) is 0 Å². The van der Waals surface area contributed by atoms with Gasteiger partial charge in [-0.25, -0.2) is 0 Å². The van der Waals surface area contributed by atoms with E-state index >= 15 is 0 Å². The van der Waals surface area contributed by atoms with E-state index in [0.717, 1.165) is 40.1 Å². The van der Waals surface area contributed by atoms with Crippen LogP contribution in [0.15, 0.2) is 79.3 Å². The fourth-order valence-corrected chi connectivity index (χ4v) is 2.81. The normalized spacial score (nSPS) is 11.9. The monoisotopic (exact) mass is 401 g/mol. The molecule has 1 aromatic carbocycles. The first-order chi connectivity index (χ1) is 11.9. The van der Waals surface area contributed by atoms with Crippen molar-refractivity contribution in [3.8, 4) is 0 Å². The Morgan fingerprint density at radius 1 is 1.16 bits per heavy atom. The minimum Gasteiger partial charge on any atom is -0.403 e. The number of nitrogens with zero attached hydrogens (tertiary/aromatic N) is 2. The van der Waals surface area contributed by atoms with Gasteiger partial charge >= 0.3 is 0 Å². The van der Waals surface area contributed by atoms with E-state index in [9.17, 15) is 0 Å². The van der Waals surface area contributed by atoms with Crippen LogP contribution in [0.5, 0.6) is 0 Å². The Labute approximate surface area is 160 Å². The molecule has 0 atom stereocenters. The van der Waals surface area contributed by atoms with Crippen LogP contribution in [0.1, 0.15) is 19.4 Å². The Bertz CT molecular complexity index is 669. The van der Waals surface area contributed by atoms with Crippen LogP contribution in [0, 0.1) is 0 Å². The number of allylic oxidation sites excluding steroid dienone is 5. The first-order valence-corrected chi connectivity index (χ1v) is 9.27. The second-order valence-corrected chi connectivity index (χ2v) is 6.65. The average Bonchev–Trinajstić information content (AvgIpc) is 2.56. The van der Waals surface area contributed by atoms with Crippen molar-refractivity contribution in [1.82, 2.24) is 4.90 Å². The van der Waals surface area contributed by atoms with Crippen molar-refractivity contribution in [2.75, 3.05) is 23.8 Å². The molecule has 4 heteroatoms. The fraction of sp³-hybridized carbons (Fsp3) is 0.238. The van der Waals surface area contributed by atoms with E-state index in [-0.39, 0.29) is 0 Å². The molecule has 0 saturated carbocycles. The topological polar surface area (TPSA) is 32.5 Å². The molecule has 0 fully saturated rings. The van der Waals surface area contributed by atoms with Crippen molar-refractivity contribution < 1.29 is 0 Å². The summed E-state index contributed by atoms with van der Waals surface area (Å²) in [6, 6.07) is 8.29. The van der Waals surface area contributed by atoms with Gasteiger partial charge in [-0.3, -0.25) is 0 Å². The van der Waals surface area contributed by atoms with Crippen LogP contribution in [0.2, 0.25) is 0 Å². The first-order valence-electron chi connectivity index (χ1n) is 8.15. The molecule has 134 valence electrons. The van der Waals surface area contributed by atoms with E-state index < -0.39 is 0 Å². The summed E-state index contributed by atoms with van der Waals surface area (Å²) >= 11 is 3.46. The predicted molar refractivity (Wildman–Crippen MR) is 115 cm³/mol. The predicted octanol–water partition coefficient (Wildman–Crippen LogP) is 5.26. The average molecular weight is 402 g/mol. The molecular weight excluding hydrogens is 374 g/mol. The van der Waals surface area contributed by atoms with Crippen molar-refractivity contribution in [2.24, 2.45) is 5.73 Å². The maximum absolute atomic E-state index is 5.82. The summed E-state index contributed by atoms with van der Waals surface area (Å²) in [4.78, 5) is 4.17. The van der Waals surface area contributed by atoms with Gasteiger partial charge in [0.1, 0.15) is 0 Å². The molecule has 0 spiro atoms. The van der Waals surface area contributed by atoms with Gasteiger partial charge in [-0.2, -0.15) is 0 Å². The van der Waals surface area contributed by atoms with Crippen molar-refractivity contribution in [1.29, 1.82) is 0 Å². The highest BCUT2D eigenvalue weighted by Gasteiger charge is 2.08. The van der Waals surface area contributed by atoms with Gasteiger partial charge in [-0.05, 0) is 37.6 Å². The van der Waals surface area contributed by atoms with Gasteiger partial charge in [-0.15, -0.1) is 0 Å². The highest BCUT2D eigenvalue weighted by molar-refractivity contribution is 9.09. The fourth-order valence-electron chi connectivity index (χ4n) is 2.27. The van der Waals surface area contributed by atoms with Gasteiger partial charge in [0.2, 0.25) is 0 Å². The van der Waals surface area contributed by atoms with E-state index in [4.69, 9.17) is 5.73 Å². The number of alkyl halides is 1. The summed E-state index contributed by atoms with van der Waals surface area (Å²) in [5.41, 5.74) is 10.9. The zero-order valence-electron chi connectivity index (χ0n) is 15.4. The van der Waals surface area contributed by atoms with Crippen LogP contribution >= 0.6 is 15.9 Å². The Kier molecular flexibility index (Phi) is 8.86. The lowest BCUT2D eigenvalue weighted by Crippen LogP contribution is -2.20. The molecule has 1 aromatic rings. The van der Waals surface area contributed by atoms with Gasteiger partial charge < -0.3 is 15.5 Å². The second kappa shape index (κ2) is 10.6. The van der Waals surface area contributed by atoms with Crippen molar-refractivity contribution in [2.45, 2.75) is 13.8 Å². The number of hydrogen-bond acceptors (Lipinski definition) is 3. The van der Waals surface area contributed by atoms with Crippen LogP contribution in [0.25, 0.3) is 5.70 Å². The smallest absolute Gasteiger partial charge is 0.0595 e. The molecule has 0 heterocycles. The van der Waals surface area contributed by atoms with Crippen LogP contribution in [0.4, 0.5) is 5.69 Å². The van der Waals surface area contributed by atoms with Crippen molar-refractivity contribution in [3.05, 3.63) is 84.9 Å². The SMILES string of the molecule is C=C(C)/C=C\C=C/N(C(=C)C)c1ccc(/C(=C/N)N(C)CCBr)cc1. The van der Waals surface area contributed by atoms with E-state index in [0.29, 0.717) is 0 Å². The number of benzene rings is 1. The summed E-state index contributed by atoms with van der Waals surface area (Å²) in [5, 5.41) is 0.894. The molecule has 0 amide bonds. The Morgan fingerprint density at radius 2 is 1.80 bits per heavy atom. The number of nitrogens with two attached hydrogens (primary N) is 1. The lowest BCUT2D eigenvalue weighted by molar-refractivity contribution is 0.514. The van der Waals surface area contributed by atoms with Gasteiger partial charge in [-0.1, -0.05) is 58.9 Å². The molecule has 0 aromatic heterocycles. The molecule has 0 saturated heterocycles. The zero-order valence-corrected chi connectivity index (χ0v) is 17.0. The number of halogens is 1. The highest BCUT2D eigenvalue weighted by atomic mass is 79.9. The number of anilines is 1. The van der Waals surface area contributed by atoms with Crippen LogP contribution in [0.3, 0.4) is 0 Å². The minimum absolute atomic E-state index is 0.889. The molecule has 0 aliphatic heterocycles. The number of hydrogen-bond donors (Lipinski definition) is 1. The quantitative estimate of drug-likeness (QED) is 0.452. The molecule has 0 bridgehead atoms. The molecule has 0 radical (unpaired) electrons. The van der Waals surface area contributed by atoms with Crippen molar-refractivity contribution >= 4 is 27.3 Å². The maximum Gasteiger partial charge on any atom is 0.0595 e. The first kappa shape index (κ1) is 20.8. The standard InChI is InChI=1S/C21H28BrN3/c1-17(2)8-6-7-14-25(18(3)4)20-11-9-19(10-12-20)21(16-23)24(5)15-13-22/h6-12,14,16H,1,3,13,15,23H2,2,4-5H3/b8-6-,14-7-,21-16-. The maximum atomic E-state index is 5.82. The summed E-state index contributed by atoms with van der Waals surface area (Å²) < 4.78 is 0. The van der Waals surface area contributed by atoms with Crippen LogP contribution < -0.4 is 10.6 Å². The lowest BCUT2D eigenvalue weighted by atomic mass is 10.1. The second-order valence-electron chi connectivity index (χ2n) is 5.86. The van der Waals surface area contributed by atoms with E-state index in [1.165, 1.54) is 0 Å². The summed E-state index contributed by atoms with van der Waals surface area (Å²) in [7, 11) is 2.03. The summed E-state index contributed by atoms with van der Waals surface area (Å²) in [6.07, 6.45) is 9.56. The Hall–Kier alpha value is -2.20. The molecule has 0 unspecified atom stereocenters. The molecule has 0 aliphatic carbocycles. The van der Waals surface area contributed by atoms with Crippen LogP contribution in [-0.4, -0.2) is 23.8 Å². The number of rotatable bonds is 9. The van der Waals surface area contributed by atoms with E-state index in [1.54, 1.807) is 6.20 Å². The Balaban J connectivity index is 3.01. The van der Waals surface area contributed by atoms with Gasteiger partial charge in [0.15, 0.2) is 0 Å². The summed E-state index contributed by atoms with van der Waals surface area (Å²) in [5.74, 6) is 0. The minimum atomic E-state index is 0.889. The largest absolute Gasteiger partial charge is 0.403 e. The van der Waals surface area contributed by atoms with Crippen molar-refractivity contribution in [3.63, 3.8) is 0 Å². The summed E-state index contributed by atoms with van der Waals surface area (Å²) in [6.45, 7) is 12.8. The third kappa shape index (κ3) is 6.67. The van der Waals surface area contributed by atoms with Crippen LogP contribution in [-0.2, 0) is 0 Å². The lowest BCUT2D eigenvalue weighted by Gasteiger charge is -2.23.